The molecule has 0 spiro atoms. The minimum Gasteiger partial charge on any atom is -0.493 e. The third-order valence-corrected chi connectivity index (χ3v) is 4.08. The van der Waals surface area contributed by atoms with E-state index >= 15 is 0 Å². The standard InChI is InChI=1S/C17H27N3O3/c1-17(9-6-10-23-17)12-20-16(18-2)19-11-13-7-5-8-14(21-3)15(13)22-4/h5,7-8H,6,9-12H2,1-4H3,(H2,18,19,20). The summed E-state index contributed by atoms with van der Waals surface area (Å²) in [5.74, 6) is 2.21. The van der Waals surface area contributed by atoms with Crippen molar-refractivity contribution in [1.29, 1.82) is 0 Å². The van der Waals surface area contributed by atoms with E-state index in [0.29, 0.717) is 6.54 Å². The number of rotatable bonds is 6. The van der Waals surface area contributed by atoms with Crippen LogP contribution in [0.2, 0.25) is 0 Å². The van der Waals surface area contributed by atoms with Crippen molar-refractivity contribution in [2.24, 2.45) is 4.99 Å². The molecule has 128 valence electrons. The van der Waals surface area contributed by atoms with E-state index in [9.17, 15) is 0 Å². The molecule has 1 aromatic rings. The Hall–Kier alpha value is -1.95. The SMILES string of the molecule is CN=C(NCc1cccc(OC)c1OC)NCC1(C)CCCO1. The van der Waals surface area contributed by atoms with Crippen LogP contribution in [0.5, 0.6) is 11.5 Å². The lowest BCUT2D eigenvalue weighted by Crippen LogP contribution is -2.45. The third kappa shape index (κ3) is 4.51. The predicted octanol–water partition coefficient (Wildman–Crippen LogP) is 1.94. The molecule has 0 radical (unpaired) electrons. The molecule has 1 aliphatic heterocycles. The summed E-state index contributed by atoms with van der Waals surface area (Å²) >= 11 is 0. The molecular weight excluding hydrogens is 294 g/mol. The summed E-state index contributed by atoms with van der Waals surface area (Å²) in [4.78, 5) is 4.26. The first-order valence-corrected chi connectivity index (χ1v) is 7.90. The Morgan fingerprint density at radius 3 is 2.74 bits per heavy atom. The van der Waals surface area contributed by atoms with Crippen LogP contribution < -0.4 is 20.1 Å². The van der Waals surface area contributed by atoms with E-state index in [1.54, 1.807) is 21.3 Å². The predicted molar refractivity (Wildman–Crippen MR) is 91.3 cm³/mol. The van der Waals surface area contributed by atoms with Crippen LogP contribution in [0.1, 0.15) is 25.3 Å². The Morgan fingerprint density at radius 2 is 2.13 bits per heavy atom. The molecule has 2 rings (SSSR count). The summed E-state index contributed by atoms with van der Waals surface area (Å²) in [6.07, 6.45) is 2.19. The summed E-state index contributed by atoms with van der Waals surface area (Å²) in [6, 6.07) is 5.83. The van der Waals surface area contributed by atoms with Crippen molar-refractivity contribution >= 4 is 5.96 Å². The van der Waals surface area contributed by atoms with Gasteiger partial charge in [0.15, 0.2) is 17.5 Å². The number of aliphatic imine (C=N–C) groups is 1. The molecule has 23 heavy (non-hydrogen) atoms. The summed E-state index contributed by atoms with van der Waals surface area (Å²) in [6.45, 7) is 4.30. The van der Waals surface area contributed by atoms with Crippen LogP contribution in [0.4, 0.5) is 0 Å². The van der Waals surface area contributed by atoms with Gasteiger partial charge in [-0.25, -0.2) is 0 Å². The highest BCUT2D eigenvalue weighted by Gasteiger charge is 2.29. The average molecular weight is 321 g/mol. The van der Waals surface area contributed by atoms with Gasteiger partial charge in [0.25, 0.3) is 0 Å². The van der Waals surface area contributed by atoms with Crippen molar-refractivity contribution in [3.05, 3.63) is 23.8 Å². The van der Waals surface area contributed by atoms with Crippen LogP contribution in [0, 0.1) is 0 Å². The van der Waals surface area contributed by atoms with Gasteiger partial charge < -0.3 is 24.8 Å². The van der Waals surface area contributed by atoms with Gasteiger partial charge in [-0.1, -0.05) is 12.1 Å². The highest BCUT2D eigenvalue weighted by molar-refractivity contribution is 5.79. The maximum atomic E-state index is 5.78. The first-order chi connectivity index (χ1) is 11.1. The lowest BCUT2D eigenvalue weighted by molar-refractivity contribution is 0.0243. The molecule has 1 saturated heterocycles. The minimum atomic E-state index is -0.106. The van der Waals surface area contributed by atoms with Crippen LogP contribution in [0.3, 0.4) is 0 Å². The number of ether oxygens (including phenoxy) is 3. The Labute approximate surface area is 138 Å². The van der Waals surface area contributed by atoms with Crippen molar-refractivity contribution in [1.82, 2.24) is 10.6 Å². The first-order valence-electron chi connectivity index (χ1n) is 7.90. The molecule has 0 aromatic heterocycles. The minimum absolute atomic E-state index is 0.106. The number of methoxy groups -OCH3 is 2. The number of hydrogen-bond donors (Lipinski definition) is 2. The van der Waals surface area contributed by atoms with Crippen molar-refractivity contribution < 1.29 is 14.2 Å². The molecule has 0 amide bonds. The summed E-state index contributed by atoms with van der Waals surface area (Å²) in [7, 11) is 5.04. The second-order valence-corrected chi connectivity index (χ2v) is 5.83. The number of guanidine groups is 1. The average Bonchev–Trinajstić information content (AvgIpc) is 3.01. The summed E-state index contributed by atoms with van der Waals surface area (Å²) in [5.41, 5.74) is 0.906. The fourth-order valence-corrected chi connectivity index (χ4v) is 2.74. The highest BCUT2D eigenvalue weighted by Crippen LogP contribution is 2.30. The molecule has 1 atom stereocenters. The van der Waals surface area contributed by atoms with Crippen LogP contribution in [-0.4, -0.2) is 46.0 Å². The Balaban J connectivity index is 1.93. The van der Waals surface area contributed by atoms with Gasteiger partial charge in [-0.3, -0.25) is 4.99 Å². The molecule has 1 aliphatic rings. The first kappa shape index (κ1) is 17.4. The van der Waals surface area contributed by atoms with Gasteiger partial charge in [0.1, 0.15) is 0 Å². The summed E-state index contributed by atoms with van der Waals surface area (Å²) < 4.78 is 16.6. The lowest BCUT2D eigenvalue weighted by atomic mass is 10.0. The van der Waals surface area contributed by atoms with Crippen LogP contribution in [0.15, 0.2) is 23.2 Å². The van der Waals surface area contributed by atoms with E-state index in [2.05, 4.69) is 22.5 Å². The van der Waals surface area contributed by atoms with Gasteiger partial charge in [0.2, 0.25) is 0 Å². The smallest absolute Gasteiger partial charge is 0.191 e. The molecule has 1 heterocycles. The Kier molecular flexibility index (Phi) is 6.10. The van der Waals surface area contributed by atoms with E-state index in [-0.39, 0.29) is 5.60 Å². The van der Waals surface area contributed by atoms with Crippen LogP contribution >= 0.6 is 0 Å². The van der Waals surface area contributed by atoms with Crippen molar-refractivity contribution in [2.75, 3.05) is 34.4 Å². The molecule has 0 saturated carbocycles. The highest BCUT2D eigenvalue weighted by atomic mass is 16.5. The van der Waals surface area contributed by atoms with Crippen LogP contribution in [-0.2, 0) is 11.3 Å². The Bertz CT molecular complexity index is 540. The number of hydrogen-bond acceptors (Lipinski definition) is 4. The molecule has 2 N–H and O–H groups in total. The molecule has 6 heteroatoms. The third-order valence-electron chi connectivity index (χ3n) is 4.08. The monoisotopic (exact) mass is 321 g/mol. The quantitative estimate of drug-likeness (QED) is 0.619. The van der Waals surface area contributed by atoms with Crippen LogP contribution in [0.25, 0.3) is 0 Å². The zero-order valence-electron chi connectivity index (χ0n) is 14.4. The van der Waals surface area contributed by atoms with E-state index in [0.717, 1.165) is 49.0 Å². The van der Waals surface area contributed by atoms with Gasteiger partial charge in [-0.2, -0.15) is 0 Å². The number of benzene rings is 1. The molecule has 1 unspecified atom stereocenters. The topological polar surface area (TPSA) is 64.1 Å². The molecule has 0 bridgehead atoms. The summed E-state index contributed by atoms with van der Waals surface area (Å²) in [5, 5.41) is 6.63. The van der Waals surface area contributed by atoms with Gasteiger partial charge in [0.05, 0.1) is 19.8 Å². The van der Waals surface area contributed by atoms with E-state index in [1.807, 2.05) is 18.2 Å². The maximum Gasteiger partial charge on any atom is 0.191 e. The number of nitrogens with zero attached hydrogens (tertiary/aromatic N) is 1. The number of para-hydroxylation sites is 1. The lowest BCUT2D eigenvalue weighted by Gasteiger charge is -2.24. The molecule has 1 fully saturated rings. The normalized spacial score (nSPS) is 21.1. The zero-order chi connectivity index (χ0) is 16.7. The molecule has 0 aliphatic carbocycles. The van der Waals surface area contributed by atoms with Gasteiger partial charge >= 0.3 is 0 Å². The molecule has 1 aromatic carbocycles. The van der Waals surface area contributed by atoms with Gasteiger partial charge in [-0.05, 0) is 25.8 Å². The van der Waals surface area contributed by atoms with Gasteiger partial charge in [0, 0.05) is 32.3 Å². The Morgan fingerprint density at radius 1 is 1.30 bits per heavy atom. The van der Waals surface area contributed by atoms with Crippen molar-refractivity contribution in [3.63, 3.8) is 0 Å². The fourth-order valence-electron chi connectivity index (χ4n) is 2.74. The number of nitrogens with one attached hydrogen (secondary N) is 2. The second kappa shape index (κ2) is 8.06. The van der Waals surface area contributed by atoms with E-state index in [1.165, 1.54) is 0 Å². The maximum absolute atomic E-state index is 5.78. The van der Waals surface area contributed by atoms with Crippen molar-refractivity contribution in [3.8, 4) is 11.5 Å². The van der Waals surface area contributed by atoms with E-state index < -0.39 is 0 Å². The van der Waals surface area contributed by atoms with E-state index in [4.69, 9.17) is 14.2 Å². The largest absolute Gasteiger partial charge is 0.493 e. The zero-order valence-corrected chi connectivity index (χ0v) is 14.4. The molecule has 6 nitrogen and oxygen atoms in total. The molecular formula is C17H27N3O3. The van der Waals surface area contributed by atoms with Crippen molar-refractivity contribution in [2.45, 2.75) is 31.9 Å². The second-order valence-electron chi connectivity index (χ2n) is 5.83. The van der Waals surface area contributed by atoms with Gasteiger partial charge in [-0.15, -0.1) is 0 Å². The fraction of sp³-hybridized carbons (Fsp3) is 0.588.